The van der Waals surface area contributed by atoms with Crippen molar-refractivity contribution >= 4 is 5.97 Å². The molecule has 0 bridgehead atoms. The van der Waals surface area contributed by atoms with Gasteiger partial charge in [0, 0.05) is 20.1 Å². The lowest BCUT2D eigenvalue weighted by molar-refractivity contribution is -0.142. The maximum Gasteiger partial charge on any atom is 0.308 e. The summed E-state index contributed by atoms with van der Waals surface area (Å²) in [5, 5.41) is 17.1. The van der Waals surface area contributed by atoms with Crippen molar-refractivity contribution in [2.24, 2.45) is 5.92 Å². The Kier molecular flexibility index (Phi) is 4.27. The first kappa shape index (κ1) is 13.0. The first-order valence-electron chi connectivity index (χ1n) is 5.92. The number of aliphatic carboxylic acids is 1. The summed E-state index contributed by atoms with van der Waals surface area (Å²) in [6.07, 6.45) is 1.28. The van der Waals surface area contributed by atoms with Gasteiger partial charge in [0.15, 0.2) is 5.82 Å². The summed E-state index contributed by atoms with van der Waals surface area (Å²) in [7, 11) is 1.61. The molecule has 1 aromatic rings. The van der Waals surface area contributed by atoms with E-state index in [9.17, 15) is 4.79 Å². The van der Waals surface area contributed by atoms with Crippen molar-refractivity contribution in [3.8, 4) is 0 Å². The van der Waals surface area contributed by atoms with E-state index in [0.717, 1.165) is 5.82 Å². The summed E-state index contributed by atoms with van der Waals surface area (Å²) in [6.45, 7) is 1.78. The molecule has 100 valence electrons. The van der Waals surface area contributed by atoms with Crippen molar-refractivity contribution in [1.82, 2.24) is 14.8 Å². The van der Waals surface area contributed by atoms with Crippen molar-refractivity contribution in [2.45, 2.75) is 26.0 Å². The minimum absolute atomic E-state index is 0.336. The molecule has 2 rings (SSSR count). The lowest BCUT2D eigenvalue weighted by atomic mass is 10.00. The van der Waals surface area contributed by atoms with Gasteiger partial charge in [-0.3, -0.25) is 4.79 Å². The zero-order valence-electron chi connectivity index (χ0n) is 10.3. The number of hydrogen-bond acceptors (Lipinski definition) is 5. The Hall–Kier alpha value is -1.47. The third kappa shape index (κ3) is 2.85. The second kappa shape index (κ2) is 5.92. The molecule has 1 aliphatic heterocycles. The number of aryl methyl sites for hydroxylation is 1. The van der Waals surface area contributed by atoms with E-state index in [1.807, 2.05) is 4.57 Å². The van der Waals surface area contributed by atoms with Gasteiger partial charge in [0.2, 0.25) is 0 Å². The van der Waals surface area contributed by atoms with Crippen molar-refractivity contribution in [3.05, 3.63) is 11.6 Å². The van der Waals surface area contributed by atoms with E-state index in [0.29, 0.717) is 45.0 Å². The van der Waals surface area contributed by atoms with Crippen LogP contribution in [0.1, 0.15) is 18.1 Å². The number of aromatic nitrogens is 3. The smallest absolute Gasteiger partial charge is 0.308 e. The van der Waals surface area contributed by atoms with Gasteiger partial charge in [-0.15, -0.1) is 10.2 Å². The summed E-state index contributed by atoms with van der Waals surface area (Å²) in [5.74, 6) is 0.414. The van der Waals surface area contributed by atoms with Gasteiger partial charge in [-0.25, -0.2) is 0 Å². The van der Waals surface area contributed by atoms with E-state index < -0.39 is 5.97 Å². The molecule has 0 fully saturated rings. The summed E-state index contributed by atoms with van der Waals surface area (Å²) in [6, 6.07) is 0. The summed E-state index contributed by atoms with van der Waals surface area (Å²) in [5.41, 5.74) is 0. The Morgan fingerprint density at radius 1 is 1.50 bits per heavy atom. The number of carboxylic acids is 1. The Morgan fingerprint density at radius 2 is 2.33 bits per heavy atom. The Balaban J connectivity index is 1.97. The lowest BCUT2D eigenvalue weighted by Gasteiger charge is -2.20. The van der Waals surface area contributed by atoms with Crippen molar-refractivity contribution in [2.75, 3.05) is 20.3 Å². The molecule has 0 aliphatic carbocycles. The molecule has 0 radical (unpaired) electrons. The van der Waals surface area contributed by atoms with Gasteiger partial charge >= 0.3 is 5.97 Å². The van der Waals surface area contributed by atoms with Gasteiger partial charge in [0.05, 0.1) is 19.1 Å². The molecular formula is C11H17N3O4. The first-order valence-corrected chi connectivity index (χ1v) is 5.92. The van der Waals surface area contributed by atoms with Gasteiger partial charge < -0.3 is 19.1 Å². The zero-order chi connectivity index (χ0) is 13.0. The standard InChI is InChI=1S/C11H17N3O4/c1-17-4-5-18-7-10-13-12-9-3-2-8(11(15)16)6-14(9)10/h8H,2-7H2,1H3,(H,15,16). The van der Waals surface area contributed by atoms with E-state index in [4.69, 9.17) is 14.6 Å². The molecule has 0 spiro atoms. The first-order chi connectivity index (χ1) is 8.72. The highest BCUT2D eigenvalue weighted by Crippen LogP contribution is 2.20. The van der Waals surface area contributed by atoms with Crippen LogP contribution >= 0.6 is 0 Å². The molecule has 1 unspecified atom stereocenters. The van der Waals surface area contributed by atoms with Crippen LogP contribution in [-0.2, 0) is 33.8 Å². The number of fused-ring (bicyclic) bond motifs is 1. The highest BCUT2D eigenvalue weighted by Gasteiger charge is 2.27. The van der Waals surface area contributed by atoms with E-state index >= 15 is 0 Å². The van der Waals surface area contributed by atoms with Crippen LogP contribution in [0.25, 0.3) is 0 Å². The predicted octanol–water partition coefficient (Wildman–Crippen LogP) is 0.0881. The fraction of sp³-hybridized carbons (Fsp3) is 0.727. The average molecular weight is 255 g/mol. The molecule has 1 aromatic heterocycles. The molecule has 18 heavy (non-hydrogen) atoms. The predicted molar refractivity (Wildman–Crippen MR) is 61.0 cm³/mol. The summed E-state index contributed by atoms with van der Waals surface area (Å²) < 4.78 is 12.1. The van der Waals surface area contributed by atoms with Crippen molar-refractivity contribution < 1.29 is 19.4 Å². The van der Waals surface area contributed by atoms with E-state index in [1.165, 1.54) is 0 Å². The molecule has 0 saturated heterocycles. The number of ether oxygens (including phenoxy) is 2. The normalized spacial score (nSPS) is 18.6. The number of carboxylic acid groups (broad SMARTS) is 1. The van der Waals surface area contributed by atoms with Crippen LogP contribution in [0.4, 0.5) is 0 Å². The van der Waals surface area contributed by atoms with Crippen LogP contribution in [0.3, 0.4) is 0 Å². The second-order valence-electron chi connectivity index (χ2n) is 4.26. The second-order valence-corrected chi connectivity index (χ2v) is 4.26. The number of hydrogen-bond donors (Lipinski definition) is 1. The van der Waals surface area contributed by atoms with Crippen LogP contribution in [0.15, 0.2) is 0 Å². The monoisotopic (exact) mass is 255 g/mol. The topological polar surface area (TPSA) is 86.5 Å². The minimum Gasteiger partial charge on any atom is -0.481 e. The molecule has 2 heterocycles. The van der Waals surface area contributed by atoms with Crippen molar-refractivity contribution in [3.63, 3.8) is 0 Å². The van der Waals surface area contributed by atoms with Crippen LogP contribution in [0.2, 0.25) is 0 Å². The van der Waals surface area contributed by atoms with Gasteiger partial charge in [-0.1, -0.05) is 0 Å². The van der Waals surface area contributed by atoms with Gasteiger partial charge in [0.1, 0.15) is 12.4 Å². The lowest BCUT2D eigenvalue weighted by Crippen LogP contribution is -2.27. The molecule has 7 heteroatoms. The fourth-order valence-corrected chi connectivity index (χ4v) is 2.00. The molecule has 7 nitrogen and oxygen atoms in total. The maximum absolute atomic E-state index is 11.0. The average Bonchev–Trinajstić information content (AvgIpc) is 2.77. The number of methoxy groups -OCH3 is 1. The highest BCUT2D eigenvalue weighted by molar-refractivity contribution is 5.70. The Bertz CT molecular complexity index is 418. The number of rotatable bonds is 6. The van der Waals surface area contributed by atoms with Gasteiger partial charge in [-0.05, 0) is 6.42 Å². The Labute approximate surface area is 105 Å². The van der Waals surface area contributed by atoms with Crippen LogP contribution in [0, 0.1) is 5.92 Å². The zero-order valence-corrected chi connectivity index (χ0v) is 10.3. The van der Waals surface area contributed by atoms with E-state index in [1.54, 1.807) is 7.11 Å². The van der Waals surface area contributed by atoms with Gasteiger partial charge in [0.25, 0.3) is 0 Å². The highest BCUT2D eigenvalue weighted by atomic mass is 16.5. The largest absolute Gasteiger partial charge is 0.481 e. The van der Waals surface area contributed by atoms with Crippen LogP contribution in [-0.4, -0.2) is 46.2 Å². The third-order valence-corrected chi connectivity index (χ3v) is 3.04. The number of nitrogens with zero attached hydrogens (tertiary/aromatic N) is 3. The molecular weight excluding hydrogens is 238 g/mol. The van der Waals surface area contributed by atoms with E-state index in [-0.39, 0.29) is 5.92 Å². The fourth-order valence-electron chi connectivity index (χ4n) is 2.00. The van der Waals surface area contributed by atoms with Crippen LogP contribution in [0.5, 0.6) is 0 Å². The van der Waals surface area contributed by atoms with Gasteiger partial charge in [-0.2, -0.15) is 0 Å². The van der Waals surface area contributed by atoms with E-state index in [2.05, 4.69) is 10.2 Å². The Morgan fingerprint density at radius 3 is 3.06 bits per heavy atom. The molecule has 0 saturated carbocycles. The summed E-state index contributed by atoms with van der Waals surface area (Å²) >= 11 is 0. The van der Waals surface area contributed by atoms with Crippen molar-refractivity contribution in [1.29, 1.82) is 0 Å². The number of carbonyl (C=O) groups is 1. The molecule has 1 aliphatic rings. The SMILES string of the molecule is COCCOCc1nnc2n1CC(C(=O)O)CC2. The minimum atomic E-state index is -0.763. The molecule has 1 atom stereocenters. The maximum atomic E-state index is 11.0. The summed E-state index contributed by atoms with van der Waals surface area (Å²) in [4.78, 5) is 11.0. The third-order valence-electron chi connectivity index (χ3n) is 3.04. The van der Waals surface area contributed by atoms with Crippen LogP contribution < -0.4 is 0 Å². The quantitative estimate of drug-likeness (QED) is 0.725. The molecule has 1 N–H and O–H groups in total. The molecule has 0 aromatic carbocycles. The molecule has 0 amide bonds.